The first-order valence-electron chi connectivity index (χ1n) is 17.2. The van der Waals surface area contributed by atoms with Gasteiger partial charge in [0.25, 0.3) is 0 Å². The number of nitrogens with two attached hydrogens (primary N) is 3. The molecule has 17 N–H and O–H groups in total. The van der Waals surface area contributed by atoms with E-state index in [0.29, 0.717) is 13.0 Å². The van der Waals surface area contributed by atoms with Crippen LogP contribution in [0.15, 0.2) is 4.99 Å². The fourth-order valence-corrected chi connectivity index (χ4v) is 5.15. The van der Waals surface area contributed by atoms with Crippen LogP contribution in [-0.4, -0.2) is 155 Å². The molecule has 25 nitrogen and oxygen atoms in total. The summed E-state index contributed by atoms with van der Waals surface area (Å²) in [6.45, 7) is -1.83. The zero-order valence-corrected chi connectivity index (χ0v) is 31.1. The lowest BCUT2D eigenvalue weighted by atomic mass is 10.1. The van der Waals surface area contributed by atoms with E-state index < -0.39 is 134 Å². The molecular weight excluding hydrogens is 768 g/mol. The molecule has 1 rings (SSSR count). The zero-order valence-electron chi connectivity index (χ0n) is 30.2. The van der Waals surface area contributed by atoms with E-state index in [2.05, 4.69) is 54.8 Å². The largest absolute Gasteiger partial charge is 0.481 e. The second-order valence-electron chi connectivity index (χ2n) is 12.3. The minimum atomic E-state index is -1.79. The minimum absolute atomic E-state index is 0.0323. The van der Waals surface area contributed by atoms with Gasteiger partial charge in [0.05, 0.1) is 32.2 Å². The normalized spacial score (nSPS) is 15.9. The highest BCUT2D eigenvalue weighted by Gasteiger charge is 2.31. The smallest absolute Gasteiger partial charge is 0.326 e. The van der Waals surface area contributed by atoms with Crippen LogP contribution in [0.25, 0.3) is 0 Å². The fraction of sp³-hybridized carbons (Fsp3) is 0.633. The highest BCUT2D eigenvalue weighted by Crippen LogP contribution is 2.06. The van der Waals surface area contributed by atoms with Gasteiger partial charge in [0, 0.05) is 18.7 Å². The van der Waals surface area contributed by atoms with Gasteiger partial charge in [0.2, 0.25) is 47.3 Å². The number of carboxylic acids is 2. The maximum atomic E-state index is 13.2. The van der Waals surface area contributed by atoms with Gasteiger partial charge in [-0.2, -0.15) is 12.6 Å². The lowest BCUT2D eigenvalue weighted by molar-refractivity contribution is -0.144. The number of carbonyl (C=O) groups is 10. The average Bonchev–Trinajstić information content (AvgIpc) is 3.68. The van der Waals surface area contributed by atoms with Crippen LogP contribution in [0.4, 0.5) is 0 Å². The first kappa shape index (κ1) is 48.3. The summed E-state index contributed by atoms with van der Waals surface area (Å²) in [5.74, 6) is -10.7. The number of guanidine groups is 1. The Bertz CT molecular complexity index is 1470. The molecule has 1 aliphatic heterocycles. The summed E-state index contributed by atoms with van der Waals surface area (Å²) in [7, 11) is 0. The fourth-order valence-electron chi connectivity index (χ4n) is 4.90. The number of primary amides is 1. The Morgan fingerprint density at radius 2 is 1.29 bits per heavy atom. The number of rotatable bonds is 26. The highest BCUT2D eigenvalue weighted by atomic mass is 32.1. The van der Waals surface area contributed by atoms with Crippen LogP contribution in [0.3, 0.4) is 0 Å². The molecule has 1 fully saturated rings. The Labute approximate surface area is 325 Å². The molecule has 0 aromatic rings. The molecule has 0 spiro atoms. The lowest BCUT2D eigenvalue weighted by Gasteiger charge is -2.23. The molecule has 0 unspecified atom stereocenters. The molecule has 314 valence electrons. The zero-order chi connectivity index (χ0) is 42.4. The highest BCUT2D eigenvalue weighted by molar-refractivity contribution is 7.80. The number of aliphatic hydroxyl groups is 1. The number of thiol groups is 1. The first-order valence-corrected chi connectivity index (χ1v) is 17.8. The number of carbonyl (C=O) groups excluding carboxylic acids is 8. The van der Waals surface area contributed by atoms with Crippen molar-refractivity contribution in [3.63, 3.8) is 0 Å². The van der Waals surface area contributed by atoms with Gasteiger partial charge in [-0.25, -0.2) is 4.79 Å². The molecule has 0 saturated carbocycles. The molecular formula is C30H50N12O13S. The summed E-state index contributed by atoms with van der Waals surface area (Å²) in [6.07, 6.45) is -0.572. The quantitative estimate of drug-likeness (QED) is 0.0167. The van der Waals surface area contributed by atoms with Crippen molar-refractivity contribution in [2.45, 2.75) is 81.2 Å². The van der Waals surface area contributed by atoms with Crippen molar-refractivity contribution in [3.05, 3.63) is 0 Å². The molecule has 56 heavy (non-hydrogen) atoms. The molecule has 0 aliphatic carbocycles. The molecule has 0 aromatic carbocycles. The summed E-state index contributed by atoms with van der Waals surface area (Å²) >= 11 is 4.09. The number of nitrogens with one attached hydrogen (secondary N) is 8. The Morgan fingerprint density at radius 3 is 1.75 bits per heavy atom. The number of aliphatic hydroxyl groups excluding tert-OH is 1. The van der Waals surface area contributed by atoms with Crippen LogP contribution < -0.4 is 59.7 Å². The van der Waals surface area contributed by atoms with Gasteiger partial charge in [0.1, 0.15) is 30.2 Å². The molecule has 0 aromatic heterocycles. The number of hydrogen-bond donors (Lipinski definition) is 15. The summed E-state index contributed by atoms with van der Waals surface area (Å²) in [5, 5.41) is 46.8. The molecule has 8 amide bonds. The topological polar surface area (TPSA) is 418 Å². The SMILES string of the molecule is NC(=O)C[C@H](NC(=O)[C@H](CCC(=O)O)NC(=O)CNC(=O)[C@H](CO)NC(=O)[C@H](CCCN=C(N)N)NC(=O)CNC(=O)[C@H](CS)NC(=O)[C@@H]1CCCN1)C(=O)O. The molecule has 1 aliphatic rings. The van der Waals surface area contributed by atoms with Crippen LogP contribution in [0, 0.1) is 0 Å². The number of nitrogens with zero attached hydrogens (tertiary/aromatic N) is 1. The van der Waals surface area contributed by atoms with E-state index in [9.17, 15) is 58.2 Å². The van der Waals surface area contributed by atoms with Gasteiger partial charge in [-0.15, -0.1) is 0 Å². The van der Waals surface area contributed by atoms with Gasteiger partial charge < -0.3 is 75.1 Å². The lowest BCUT2D eigenvalue weighted by Crippen LogP contribution is -2.57. The number of carboxylic acid groups (broad SMARTS) is 2. The Kier molecular flexibility index (Phi) is 21.8. The van der Waals surface area contributed by atoms with E-state index in [4.69, 9.17) is 22.3 Å². The Balaban J connectivity index is 2.89. The number of hydrogen-bond acceptors (Lipinski definition) is 14. The molecule has 1 heterocycles. The Morgan fingerprint density at radius 1 is 0.732 bits per heavy atom. The van der Waals surface area contributed by atoms with Crippen molar-refractivity contribution in [3.8, 4) is 0 Å². The van der Waals surface area contributed by atoms with Crippen molar-refractivity contribution < 1.29 is 63.3 Å². The standard InChI is InChI=1S/C30H50N12O13S/c31-20(44)9-17(29(54)55)40-28(53)16(5-6-23(47)48)39-22(46)10-36-24(49)18(12-43)41-27(52)15(4-2-8-35-30(32)33)38-21(45)11-37-25(50)19(13-56)42-26(51)14-3-1-7-34-14/h14-19,34,43,56H,1-13H2,(H2,31,44)(H,36,49)(H,37,50)(H,38,45)(H,39,46)(H,40,53)(H,41,52)(H,42,51)(H,47,48)(H,54,55)(H4,32,33,35)/t14-,15-,16-,17-,18-,19-/m0/s1. The van der Waals surface area contributed by atoms with Crippen LogP contribution in [0.5, 0.6) is 0 Å². The van der Waals surface area contributed by atoms with Crippen molar-refractivity contribution >= 4 is 77.8 Å². The average molecular weight is 819 g/mol. The third kappa shape index (κ3) is 19.0. The number of amides is 8. The molecule has 1 saturated heterocycles. The number of aliphatic imine (C=N–C) groups is 1. The van der Waals surface area contributed by atoms with Crippen molar-refractivity contribution in [1.82, 2.24) is 42.5 Å². The van der Waals surface area contributed by atoms with Crippen LogP contribution >= 0.6 is 12.6 Å². The van der Waals surface area contributed by atoms with Gasteiger partial charge in [-0.05, 0) is 38.6 Å². The third-order valence-electron chi connectivity index (χ3n) is 7.77. The molecule has 0 radical (unpaired) electrons. The second kappa shape index (κ2) is 25.3. The van der Waals surface area contributed by atoms with E-state index in [1.165, 1.54) is 0 Å². The third-order valence-corrected chi connectivity index (χ3v) is 8.13. The van der Waals surface area contributed by atoms with Gasteiger partial charge in [0.15, 0.2) is 5.96 Å². The predicted molar refractivity (Wildman–Crippen MR) is 196 cm³/mol. The predicted octanol–water partition coefficient (Wildman–Crippen LogP) is -7.80. The van der Waals surface area contributed by atoms with Gasteiger partial charge in [-0.1, -0.05) is 0 Å². The summed E-state index contributed by atoms with van der Waals surface area (Å²) in [4.78, 5) is 127. The summed E-state index contributed by atoms with van der Waals surface area (Å²) in [6, 6.07) is -8.03. The number of aliphatic carboxylic acids is 2. The van der Waals surface area contributed by atoms with Gasteiger partial charge in [-0.3, -0.25) is 48.1 Å². The molecule has 0 bridgehead atoms. The van der Waals surface area contributed by atoms with Crippen molar-refractivity contribution in [1.29, 1.82) is 0 Å². The summed E-state index contributed by atoms with van der Waals surface area (Å²) in [5.41, 5.74) is 15.6. The Hall–Kier alpha value is -5.76. The van der Waals surface area contributed by atoms with E-state index in [1.54, 1.807) is 0 Å². The minimum Gasteiger partial charge on any atom is -0.481 e. The monoisotopic (exact) mass is 818 g/mol. The molecule has 26 heteroatoms. The maximum Gasteiger partial charge on any atom is 0.326 e. The maximum absolute atomic E-state index is 13.2. The van der Waals surface area contributed by atoms with E-state index in [-0.39, 0.29) is 31.1 Å². The van der Waals surface area contributed by atoms with E-state index >= 15 is 0 Å². The van der Waals surface area contributed by atoms with Crippen LogP contribution in [0.2, 0.25) is 0 Å². The van der Waals surface area contributed by atoms with Crippen LogP contribution in [0.1, 0.15) is 44.9 Å². The van der Waals surface area contributed by atoms with E-state index in [0.717, 1.165) is 6.42 Å². The van der Waals surface area contributed by atoms with E-state index in [1.807, 2.05) is 5.32 Å². The summed E-state index contributed by atoms with van der Waals surface area (Å²) < 4.78 is 0. The van der Waals surface area contributed by atoms with Gasteiger partial charge >= 0.3 is 11.9 Å². The van der Waals surface area contributed by atoms with Crippen LogP contribution in [-0.2, 0) is 47.9 Å². The second-order valence-corrected chi connectivity index (χ2v) is 12.6. The first-order chi connectivity index (χ1) is 26.4. The van der Waals surface area contributed by atoms with Crippen molar-refractivity contribution in [2.75, 3.05) is 38.5 Å². The molecule has 6 atom stereocenters. The van der Waals surface area contributed by atoms with Crippen molar-refractivity contribution in [2.24, 2.45) is 22.2 Å².